The Balaban J connectivity index is 1.17. The van der Waals surface area contributed by atoms with E-state index in [9.17, 15) is 8.78 Å². The zero-order chi connectivity index (χ0) is 25.9. The van der Waals surface area contributed by atoms with Crippen molar-refractivity contribution in [1.82, 2.24) is 0 Å². The number of ether oxygens (including phenoxy) is 2. The van der Waals surface area contributed by atoms with Gasteiger partial charge in [0.15, 0.2) is 23.1 Å². The van der Waals surface area contributed by atoms with Gasteiger partial charge in [-0.2, -0.15) is 8.78 Å². The van der Waals surface area contributed by atoms with E-state index in [-0.39, 0.29) is 30.3 Å². The van der Waals surface area contributed by atoms with E-state index in [4.69, 9.17) is 9.47 Å². The van der Waals surface area contributed by atoms with Crippen molar-refractivity contribution in [3.05, 3.63) is 52.3 Å². The van der Waals surface area contributed by atoms with Crippen molar-refractivity contribution in [2.75, 3.05) is 6.61 Å². The summed E-state index contributed by atoms with van der Waals surface area (Å²) in [7, 11) is 0. The highest BCUT2D eigenvalue weighted by Crippen LogP contribution is 2.45. The van der Waals surface area contributed by atoms with Gasteiger partial charge in [0.2, 0.25) is 11.6 Å². The van der Waals surface area contributed by atoms with Crippen molar-refractivity contribution in [2.45, 2.75) is 97.3 Å². The monoisotopic (exact) mass is 514 g/mol. The van der Waals surface area contributed by atoms with Gasteiger partial charge in [0.1, 0.15) is 0 Å². The fourth-order valence-corrected chi connectivity index (χ4v) is 7.19. The maximum atomic E-state index is 15.5. The van der Waals surface area contributed by atoms with Gasteiger partial charge < -0.3 is 9.47 Å². The molecule has 3 aliphatic rings. The van der Waals surface area contributed by atoms with Crippen molar-refractivity contribution in [2.24, 2.45) is 23.7 Å². The molecule has 0 N–H and O–H groups in total. The highest BCUT2D eigenvalue weighted by atomic mass is 19.2. The van der Waals surface area contributed by atoms with Crippen LogP contribution in [0.5, 0.6) is 17.2 Å². The zero-order valence-corrected chi connectivity index (χ0v) is 22.4. The number of hydrogen-bond acceptors (Lipinski definition) is 2. The summed E-state index contributed by atoms with van der Waals surface area (Å²) in [5.41, 5.74) is 1.72. The second-order valence-electron chi connectivity index (χ2n) is 11.6. The van der Waals surface area contributed by atoms with Crippen LogP contribution in [0.25, 0.3) is 0 Å². The van der Waals surface area contributed by atoms with E-state index >= 15 is 4.39 Å². The first-order valence-corrected chi connectivity index (χ1v) is 14.6. The van der Waals surface area contributed by atoms with Crippen molar-refractivity contribution in [3.63, 3.8) is 0 Å². The van der Waals surface area contributed by atoms with Crippen LogP contribution in [0.4, 0.5) is 13.2 Å². The zero-order valence-electron chi connectivity index (χ0n) is 22.4. The Hall–Kier alpha value is -2.17. The van der Waals surface area contributed by atoms with Crippen LogP contribution in [0.3, 0.4) is 0 Å². The summed E-state index contributed by atoms with van der Waals surface area (Å²) >= 11 is 0. The highest BCUT2D eigenvalue weighted by molar-refractivity contribution is 5.54. The topological polar surface area (TPSA) is 18.5 Å². The Bertz CT molecular complexity index is 1080. The average Bonchev–Trinajstić information content (AvgIpc) is 2.92. The van der Waals surface area contributed by atoms with Crippen LogP contribution in [0, 0.1) is 41.1 Å². The fraction of sp³-hybridized carbons (Fsp3) is 0.625. The van der Waals surface area contributed by atoms with Crippen LogP contribution in [0.15, 0.2) is 18.2 Å². The minimum absolute atomic E-state index is 0.0369. The molecule has 2 nitrogen and oxygen atoms in total. The Morgan fingerprint density at radius 3 is 2.00 bits per heavy atom. The highest BCUT2D eigenvalue weighted by Gasteiger charge is 2.32. The maximum absolute atomic E-state index is 15.5. The Labute approximate surface area is 219 Å². The van der Waals surface area contributed by atoms with Crippen molar-refractivity contribution < 1.29 is 22.6 Å². The first kappa shape index (κ1) is 26.4. The molecule has 0 bridgehead atoms. The van der Waals surface area contributed by atoms with E-state index in [2.05, 4.69) is 6.92 Å². The molecular formula is C32H41F3O2. The van der Waals surface area contributed by atoms with E-state index in [1.165, 1.54) is 70.3 Å². The largest absolute Gasteiger partial charge is 0.491 e. The number of benzene rings is 2. The molecule has 2 saturated carbocycles. The van der Waals surface area contributed by atoms with E-state index < -0.39 is 17.5 Å². The number of fused-ring (bicyclic) bond motifs is 2. The molecular weight excluding hydrogens is 473 g/mol. The second kappa shape index (κ2) is 11.7. The van der Waals surface area contributed by atoms with Gasteiger partial charge in [-0.25, -0.2) is 4.39 Å². The molecule has 2 aromatic rings. The fourth-order valence-electron chi connectivity index (χ4n) is 7.19. The summed E-state index contributed by atoms with van der Waals surface area (Å²) in [4.78, 5) is 0. The van der Waals surface area contributed by atoms with Crippen LogP contribution in [-0.2, 0) is 12.8 Å². The van der Waals surface area contributed by atoms with Crippen molar-refractivity contribution >= 4 is 0 Å². The van der Waals surface area contributed by atoms with Crippen LogP contribution >= 0.6 is 0 Å². The van der Waals surface area contributed by atoms with Gasteiger partial charge in [-0.3, -0.25) is 0 Å². The lowest BCUT2D eigenvalue weighted by molar-refractivity contribution is 0.141. The lowest BCUT2D eigenvalue weighted by Gasteiger charge is -2.38. The molecule has 5 heteroatoms. The van der Waals surface area contributed by atoms with Gasteiger partial charge >= 0.3 is 0 Å². The Morgan fingerprint density at radius 2 is 1.38 bits per heavy atom. The molecule has 5 rings (SSSR count). The molecule has 37 heavy (non-hydrogen) atoms. The van der Waals surface area contributed by atoms with E-state index in [0.717, 1.165) is 24.2 Å². The molecule has 2 fully saturated rings. The van der Waals surface area contributed by atoms with Crippen LogP contribution in [0.1, 0.15) is 101 Å². The lowest BCUT2D eigenvalue weighted by Crippen LogP contribution is -2.26. The van der Waals surface area contributed by atoms with E-state index in [1.54, 1.807) is 6.92 Å². The van der Waals surface area contributed by atoms with Gasteiger partial charge in [-0.15, -0.1) is 0 Å². The molecule has 0 aromatic heterocycles. The molecule has 1 heterocycles. The number of rotatable bonds is 8. The van der Waals surface area contributed by atoms with E-state index in [0.29, 0.717) is 29.0 Å². The van der Waals surface area contributed by atoms with Crippen molar-refractivity contribution in [1.29, 1.82) is 0 Å². The summed E-state index contributed by atoms with van der Waals surface area (Å²) in [5.74, 6) is 0.418. The second-order valence-corrected chi connectivity index (χ2v) is 11.6. The quantitative estimate of drug-likeness (QED) is 0.298. The third kappa shape index (κ3) is 5.66. The Morgan fingerprint density at radius 1 is 0.757 bits per heavy atom. The number of halogens is 3. The van der Waals surface area contributed by atoms with E-state index in [1.807, 2.05) is 12.1 Å². The van der Waals surface area contributed by atoms with Gasteiger partial charge in [-0.1, -0.05) is 57.6 Å². The van der Waals surface area contributed by atoms with Gasteiger partial charge in [0.25, 0.3) is 0 Å². The minimum atomic E-state index is -1.12. The number of hydrogen-bond donors (Lipinski definition) is 0. The lowest BCUT2D eigenvalue weighted by atomic mass is 9.68. The summed E-state index contributed by atoms with van der Waals surface area (Å²) < 4.78 is 55.4. The van der Waals surface area contributed by atoms with Gasteiger partial charge in [0, 0.05) is 17.5 Å². The molecule has 0 spiro atoms. The Kier molecular flexibility index (Phi) is 8.36. The van der Waals surface area contributed by atoms with Crippen LogP contribution in [-0.4, -0.2) is 6.61 Å². The smallest absolute Gasteiger partial charge is 0.205 e. The third-order valence-corrected chi connectivity index (χ3v) is 9.32. The summed E-state index contributed by atoms with van der Waals surface area (Å²) in [6.07, 6.45) is 15.4. The average molecular weight is 515 g/mol. The predicted molar refractivity (Wildman–Crippen MR) is 141 cm³/mol. The minimum Gasteiger partial charge on any atom is -0.491 e. The third-order valence-electron chi connectivity index (χ3n) is 9.32. The first-order valence-electron chi connectivity index (χ1n) is 14.6. The van der Waals surface area contributed by atoms with Gasteiger partial charge in [0.05, 0.1) is 6.61 Å². The molecule has 0 saturated heterocycles. The molecule has 2 aromatic carbocycles. The van der Waals surface area contributed by atoms with Crippen LogP contribution in [0.2, 0.25) is 0 Å². The SMILES string of the molecule is CCCC1CCC(C2CCC(CCc3ccc4c(c3F)Oc3c(cc(OCC)c(F)c3F)C4)CC2)CC1. The summed E-state index contributed by atoms with van der Waals surface area (Å²) in [6, 6.07) is 5.16. The normalized spacial score (nSPS) is 25.2. The van der Waals surface area contributed by atoms with Crippen LogP contribution < -0.4 is 9.47 Å². The molecule has 202 valence electrons. The molecule has 0 amide bonds. The molecule has 2 aliphatic carbocycles. The van der Waals surface area contributed by atoms with Gasteiger partial charge in [-0.05, 0) is 80.8 Å². The number of aryl methyl sites for hydroxylation is 1. The molecule has 1 aliphatic heterocycles. The molecule has 0 atom stereocenters. The molecule has 0 radical (unpaired) electrons. The molecule has 0 unspecified atom stereocenters. The standard InChI is InChI=1S/C32H41F3O2/c1-3-5-20-6-11-22(12-7-20)23-13-8-21(9-14-23)10-15-24-16-17-25-18-26-19-27(36-4-2)29(34)30(35)32(26)37-31(25)28(24)33/h16-17,19-23H,3-15,18H2,1-2H3. The van der Waals surface area contributed by atoms with Crippen molar-refractivity contribution in [3.8, 4) is 17.2 Å². The summed E-state index contributed by atoms with van der Waals surface area (Å²) in [5, 5.41) is 0. The predicted octanol–water partition coefficient (Wildman–Crippen LogP) is 9.54. The summed E-state index contributed by atoms with van der Waals surface area (Å²) in [6.45, 7) is 4.24. The maximum Gasteiger partial charge on any atom is 0.205 e. The first-order chi connectivity index (χ1) is 18.0.